The Hall–Kier alpha value is -1.02. The van der Waals surface area contributed by atoms with Crippen molar-refractivity contribution in [1.82, 2.24) is 4.90 Å². The minimum absolute atomic E-state index is 0.882. The highest BCUT2D eigenvalue weighted by molar-refractivity contribution is 5.40. The van der Waals surface area contributed by atoms with E-state index in [0.29, 0.717) is 0 Å². The van der Waals surface area contributed by atoms with Crippen LogP contribution in [0.2, 0.25) is 0 Å². The van der Waals surface area contributed by atoms with Crippen LogP contribution in [-0.2, 0) is 6.42 Å². The number of nitrogen functional groups attached to an aromatic ring is 1. The fourth-order valence-electron chi connectivity index (χ4n) is 3.20. The van der Waals surface area contributed by atoms with Gasteiger partial charge in [-0.1, -0.05) is 31.4 Å². The van der Waals surface area contributed by atoms with E-state index in [1.807, 2.05) is 6.07 Å². The number of rotatable bonds is 6. The molecule has 19 heavy (non-hydrogen) atoms. The molecule has 2 heteroatoms. The summed E-state index contributed by atoms with van der Waals surface area (Å²) in [5, 5.41) is 0. The van der Waals surface area contributed by atoms with Gasteiger partial charge in [-0.3, -0.25) is 0 Å². The van der Waals surface area contributed by atoms with Gasteiger partial charge < -0.3 is 10.6 Å². The van der Waals surface area contributed by atoms with Gasteiger partial charge in [0, 0.05) is 12.2 Å². The number of nitrogens with zero attached hydrogens (tertiary/aromatic N) is 1. The molecular formula is C17H28N2. The van der Waals surface area contributed by atoms with Crippen molar-refractivity contribution < 1.29 is 0 Å². The molecule has 2 N–H and O–H groups in total. The first-order valence-electron chi connectivity index (χ1n) is 7.77. The molecule has 0 saturated heterocycles. The van der Waals surface area contributed by atoms with Crippen molar-refractivity contribution in [2.75, 3.05) is 25.9 Å². The van der Waals surface area contributed by atoms with E-state index in [2.05, 4.69) is 30.1 Å². The van der Waals surface area contributed by atoms with Gasteiger partial charge in [-0.25, -0.2) is 0 Å². The van der Waals surface area contributed by atoms with E-state index < -0.39 is 0 Å². The number of hydrogen-bond acceptors (Lipinski definition) is 2. The van der Waals surface area contributed by atoms with Gasteiger partial charge in [0.1, 0.15) is 0 Å². The van der Waals surface area contributed by atoms with Crippen LogP contribution in [0.4, 0.5) is 5.69 Å². The van der Waals surface area contributed by atoms with Crippen molar-refractivity contribution in [2.45, 2.75) is 44.9 Å². The van der Waals surface area contributed by atoms with Gasteiger partial charge in [0.05, 0.1) is 0 Å². The van der Waals surface area contributed by atoms with Gasteiger partial charge in [-0.15, -0.1) is 0 Å². The van der Waals surface area contributed by atoms with Crippen molar-refractivity contribution in [3.63, 3.8) is 0 Å². The number of anilines is 1. The van der Waals surface area contributed by atoms with E-state index in [-0.39, 0.29) is 0 Å². The molecule has 0 aliphatic heterocycles. The number of benzene rings is 1. The molecule has 0 bridgehead atoms. The highest BCUT2D eigenvalue weighted by atomic mass is 15.1. The Labute approximate surface area is 118 Å². The summed E-state index contributed by atoms with van der Waals surface area (Å²) in [6.45, 7) is 2.49. The van der Waals surface area contributed by atoms with Crippen molar-refractivity contribution in [3.8, 4) is 0 Å². The molecule has 2 rings (SSSR count). The monoisotopic (exact) mass is 260 g/mol. The van der Waals surface area contributed by atoms with Crippen molar-refractivity contribution in [1.29, 1.82) is 0 Å². The van der Waals surface area contributed by atoms with Crippen LogP contribution in [0.5, 0.6) is 0 Å². The first kappa shape index (κ1) is 14.4. The van der Waals surface area contributed by atoms with E-state index >= 15 is 0 Å². The lowest BCUT2D eigenvalue weighted by molar-refractivity contribution is 0.232. The molecule has 106 valence electrons. The summed E-state index contributed by atoms with van der Waals surface area (Å²) < 4.78 is 0. The van der Waals surface area contributed by atoms with Crippen LogP contribution in [-0.4, -0.2) is 25.0 Å². The summed E-state index contributed by atoms with van der Waals surface area (Å²) in [6, 6.07) is 8.29. The van der Waals surface area contributed by atoms with Crippen molar-refractivity contribution in [2.24, 2.45) is 5.92 Å². The minimum atomic E-state index is 0.882. The lowest BCUT2D eigenvalue weighted by atomic mass is 9.89. The summed E-state index contributed by atoms with van der Waals surface area (Å²) in [5.41, 5.74) is 8.05. The maximum absolute atomic E-state index is 5.80. The normalized spacial score (nSPS) is 16.9. The Bertz CT molecular complexity index is 369. The molecule has 0 spiro atoms. The van der Waals surface area contributed by atoms with Crippen LogP contribution in [0.15, 0.2) is 24.3 Å². The Kier molecular flexibility index (Phi) is 5.71. The topological polar surface area (TPSA) is 29.3 Å². The fourth-order valence-corrected chi connectivity index (χ4v) is 3.20. The van der Waals surface area contributed by atoms with Gasteiger partial charge in [0.2, 0.25) is 0 Å². The molecule has 1 saturated carbocycles. The molecule has 1 aliphatic rings. The van der Waals surface area contributed by atoms with Gasteiger partial charge in [0.15, 0.2) is 0 Å². The van der Waals surface area contributed by atoms with E-state index in [4.69, 9.17) is 5.73 Å². The molecule has 1 aromatic rings. The second-order valence-corrected chi connectivity index (χ2v) is 6.11. The average molecular weight is 260 g/mol. The SMILES string of the molecule is CN(CCCc1cccc(N)c1)CC1CCCCC1. The first-order chi connectivity index (χ1) is 9.24. The largest absolute Gasteiger partial charge is 0.399 e. The molecule has 0 amide bonds. The van der Waals surface area contributed by atoms with Crippen LogP contribution in [0.25, 0.3) is 0 Å². The highest BCUT2D eigenvalue weighted by Crippen LogP contribution is 2.24. The number of aryl methyl sites for hydroxylation is 1. The Morgan fingerprint density at radius 1 is 1.21 bits per heavy atom. The molecule has 1 aliphatic carbocycles. The second kappa shape index (κ2) is 7.54. The molecule has 0 atom stereocenters. The second-order valence-electron chi connectivity index (χ2n) is 6.11. The zero-order chi connectivity index (χ0) is 13.5. The van der Waals surface area contributed by atoms with Crippen LogP contribution >= 0.6 is 0 Å². The lowest BCUT2D eigenvalue weighted by Gasteiger charge is -2.27. The molecule has 2 nitrogen and oxygen atoms in total. The Balaban J connectivity index is 1.64. The van der Waals surface area contributed by atoms with E-state index in [0.717, 1.165) is 18.0 Å². The summed E-state index contributed by atoms with van der Waals surface area (Å²) in [5.74, 6) is 0.950. The van der Waals surface area contributed by atoms with Gasteiger partial charge in [-0.2, -0.15) is 0 Å². The third-order valence-corrected chi connectivity index (χ3v) is 4.25. The van der Waals surface area contributed by atoms with E-state index in [9.17, 15) is 0 Å². The molecule has 1 aromatic carbocycles. The zero-order valence-corrected chi connectivity index (χ0v) is 12.3. The standard InChI is InChI=1S/C17H28N2/c1-19(14-16-7-3-2-4-8-16)12-6-10-15-9-5-11-17(18)13-15/h5,9,11,13,16H,2-4,6-8,10,12,14,18H2,1H3. The Morgan fingerprint density at radius 3 is 2.74 bits per heavy atom. The third-order valence-electron chi connectivity index (χ3n) is 4.25. The maximum Gasteiger partial charge on any atom is 0.0316 e. The van der Waals surface area contributed by atoms with Gasteiger partial charge >= 0.3 is 0 Å². The lowest BCUT2D eigenvalue weighted by Crippen LogP contribution is -2.28. The average Bonchev–Trinajstić information content (AvgIpc) is 2.40. The molecule has 1 fully saturated rings. The molecule has 0 unspecified atom stereocenters. The molecule has 0 aromatic heterocycles. The molecular weight excluding hydrogens is 232 g/mol. The molecule has 0 radical (unpaired) electrons. The smallest absolute Gasteiger partial charge is 0.0316 e. The van der Waals surface area contributed by atoms with Crippen molar-refractivity contribution in [3.05, 3.63) is 29.8 Å². The third kappa shape index (κ3) is 5.23. The summed E-state index contributed by atoms with van der Waals surface area (Å²) >= 11 is 0. The summed E-state index contributed by atoms with van der Waals surface area (Å²) in [7, 11) is 2.27. The van der Waals surface area contributed by atoms with E-state index in [1.165, 1.54) is 57.2 Å². The zero-order valence-electron chi connectivity index (χ0n) is 12.3. The van der Waals surface area contributed by atoms with Crippen molar-refractivity contribution >= 4 is 5.69 Å². The van der Waals surface area contributed by atoms with E-state index in [1.54, 1.807) is 0 Å². The number of hydrogen-bond donors (Lipinski definition) is 1. The number of nitrogens with two attached hydrogens (primary N) is 1. The minimum Gasteiger partial charge on any atom is -0.399 e. The molecule has 0 heterocycles. The predicted molar refractivity (Wildman–Crippen MR) is 83.2 cm³/mol. The van der Waals surface area contributed by atoms with Crippen LogP contribution in [0, 0.1) is 5.92 Å². The van der Waals surface area contributed by atoms with Gasteiger partial charge in [0.25, 0.3) is 0 Å². The first-order valence-corrected chi connectivity index (χ1v) is 7.77. The predicted octanol–water partition coefficient (Wildman–Crippen LogP) is 3.71. The Morgan fingerprint density at radius 2 is 2.00 bits per heavy atom. The highest BCUT2D eigenvalue weighted by Gasteiger charge is 2.14. The summed E-state index contributed by atoms with van der Waals surface area (Å²) in [6.07, 6.45) is 9.60. The quantitative estimate of drug-likeness (QED) is 0.790. The van der Waals surface area contributed by atoms with Crippen LogP contribution in [0.1, 0.15) is 44.1 Å². The van der Waals surface area contributed by atoms with Crippen LogP contribution < -0.4 is 5.73 Å². The maximum atomic E-state index is 5.80. The van der Waals surface area contributed by atoms with Crippen LogP contribution in [0.3, 0.4) is 0 Å². The fraction of sp³-hybridized carbons (Fsp3) is 0.647. The van der Waals surface area contributed by atoms with Gasteiger partial charge in [-0.05, 0) is 62.9 Å². The summed E-state index contributed by atoms with van der Waals surface area (Å²) in [4.78, 5) is 2.52.